The molecule has 0 aromatic carbocycles. The minimum absolute atomic E-state index is 0.0861. The number of carbonyl (C=O) groups is 2. The monoisotopic (exact) mass is 492 g/mol. The van der Waals surface area contributed by atoms with Crippen molar-refractivity contribution < 1.29 is 24.2 Å². The van der Waals surface area contributed by atoms with Gasteiger partial charge in [-0.05, 0) is 51.8 Å². The highest BCUT2D eigenvalue weighted by Gasteiger charge is 2.45. The van der Waals surface area contributed by atoms with Crippen LogP contribution in [-0.2, 0) is 39.6 Å². The number of amides is 1. The fraction of sp³-hybridized carbons (Fsp3) is 0.423. The van der Waals surface area contributed by atoms with Crippen LogP contribution < -0.4 is 10.9 Å². The second-order valence-corrected chi connectivity index (χ2v) is 10.2. The average Bonchev–Trinajstić information content (AvgIpc) is 3.19. The summed E-state index contributed by atoms with van der Waals surface area (Å²) < 4.78 is 12.0. The first-order chi connectivity index (χ1) is 16.9. The van der Waals surface area contributed by atoms with Crippen molar-refractivity contribution in [1.29, 1.82) is 0 Å². The number of rotatable bonds is 3. The van der Waals surface area contributed by atoms with Crippen LogP contribution >= 0.6 is 0 Å². The van der Waals surface area contributed by atoms with E-state index < -0.39 is 23.3 Å². The summed E-state index contributed by atoms with van der Waals surface area (Å²) >= 11 is 0. The third-order valence-electron chi connectivity index (χ3n) is 6.73. The molecule has 0 radical (unpaired) electrons. The number of hydrogen-bond acceptors (Lipinski definition) is 8. The minimum Gasteiger partial charge on any atom is -0.458 e. The Morgan fingerprint density at radius 2 is 2.03 bits per heavy atom. The fourth-order valence-electron chi connectivity index (χ4n) is 4.80. The van der Waals surface area contributed by atoms with Crippen LogP contribution in [-0.4, -0.2) is 37.3 Å². The highest BCUT2D eigenvalue weighted by atomic mass is 16.6. The molecule has 5 heterocycles. The molecule has 2 aliphatic rings. The summed E-state index contributed by atoms with van der Waals surface area (Å²) in [7, 11) is 0. The Morgan fingerprint density at radius 3 is 2.72 bits per heavy atom. The zero-order valence-corrected chi connectivity index (χ0v) is 20.9. The summed E-state index contributed by atoms with van der Waals surface area (Å²) in [5.74, 6) is -0.751. The number of carbonyl (C=O) groups excluding carboxylic acids is 2. The zero-order chi connectivity index (χ0) is 26.0. The van der Waals surface area contributed by atoms with Crippen molar-refractivity contribution in [3.63, 3.8) is 0 Å². The topological polar surface area (TPSA) is 133 Å². The first-order valence-corrected chi connectivity index (χ1v) is 11.8. The maximum absolute atomic E-state index is 13.4. The van der Waals surface area contributed by atoms with Crippen molar-refractivity contribution in [2.24, 2.45) is 0 Å². The van der Waals surface area contributed by atoms with Crippen molar-refractivity contribution >= 4 is 23.0 Å². The molecule has 0 unspecified atom stereocenters. The van der Waals surface area contributed by atoms with Gasteiger partial charge in [-0.3, -0.25) is 9.78 Å². The van der Waals surface area contributed by atoms with Gasteiger partial charge in [-0.15, -0.1) is 0 Å². The zero-order valence-electron chi connectivity index (χ0n) is 20.9. The number of ether oxygens (including phenoxy) is 2. The summed E-state index contributed by atoms with van der Waals surface area (Å²) in [6.07, 6.45) is 1.19. The molecule has 1 amide bonds. The lowest BCUT2D eigenvalue weighted by Gasteiger charge is -2.31. The number of esters is 1. The summed E-state index contributed by atoms with van der Waals surface area (Å²) in [5, 5.41) is 14.6. The number of hydrogen-bond donors (Lipinski definition) is 2. The molecule has 36 heavy (non-hydrogen) atoms. The van der Waals surface area contributed by atoms with E-state index in [1.54, 1.807) is 44.5 Å². The van der Waals surface area contributed by atoms with Gasteiger partial charge in [0.2, 0.25) is 0 Å². The van der Waals surface area contributed by atoms with Crippen LogP contribution in [0.5, 0.6) is 0 Å². The summed E-state index contributed by atoms with van der Waals surface area (Å²) in [5.41, 5.74) is 2.08. The molecule has 10 nitrogen and oxygen atoms in total. The Morgan fingerprint density at radius 1 is 1.28 bits per heavy atom. The molecule has 3 aromatic rings. The van der Waals surface area contributed by atoms with Gasteiger partial charge in [0.05, 0.1) is 47.4 Å². The van der Waals surface area contributed by atoms with Crippen molar-refractivity contribution in [2.75, 3.05) is 0 Å². The molecule has 0 aliphatic carbocycles. The Kier molecular flexibility index (Phi) is 5.40. The SMILES string of the molecule is CC[C@@]1(O)C(=O)OCc2c1cc1n(c2=O)Cc2c-1nc1cnc(CNC(=O)OC(C)(C)C)cc1c2C. The molecule has 0 fully saturated rings. The predicted octanol–water partition coefficient (Wildman–Crippen LogP) is 2.81. The number of pyridine rings is 3. The van der Waals surface area contributed by atoms with Gasteiger partial charge in [0.25, 0.3) is 5.56 Å². The normalized spacial score (nSPS) is 18.3. The standard InChI is InChI=1S/C26H28N4O6/c1-6-26(34)18-8-20-21-16(11-30(20)22(31)17(18)12-35-23(26)32)13(2)15-7-14(27-10-19(15)29-21)9-28-24(33)36-25(3,4)5/h7-8,10,34H,6,9,11-12H2,1-5H3,(H,28,33)/t26-/m0/s1. The molecule has 0 spiro atoms. The summed E-state index contributed by atoms with van der Waals surface area (Å²) in [6, 6.07) is 3.56. The Hall–Kier alpha value is -3.79. The van der Waals surface area contributed by atoms with E-state index in [0.717, 1.165) is 16.5 Å². The molecule has 0 bridgehead atoms. The molecule has 2 aliphatic heterocycles. The number of cyclic esters (lactones) is 1. The van der Waals surface area contributed by atoms with Crippen LogP contribution in [0.15, 0.2) is 23.1 Å². The Labute approximate surface area is 207 Å². The van der Waals surface area contributed by atoms with Crippen LogP contribution in [0.1, 0.15) is 62.1 Å². The van der Waals surface area contributed by atoms with Gasteiger partial charge < -0.3 is 24.5 Å². The van der Waals surface area contributed by atoms with Crippen LogP contribution in [0.25, 0.3) is 22.3 Å². The van der Waals surface area contributed by atoms with Gasteiger partial charge in [-0.25, -0.2) is 14.6 Å². The van der Waals surface area contributed by atoms with Gasteiger partial charge in [0.15, 0.2) is 5.60 Å². The van der Waals surface area contributed by atoms with Crippen LogP contribution in [0, 0.1) is 6.92 Å². The van der Waals surface area contributed by atoms with Gasteiger partial charge in [0, 0.05) is 16.5 Å². The third-order valence-corrected chi connectivity index (χ3v) is 6.73. The van der Waals surface area contributed by atoms with Gasteiger partial charge in [-0.2, -0.15) is 0 Å². The Bertz CT molecular complexity index is 1500. The Balaban J connectivity index is 1.54. The van der Waals surface area contributed by atoms with Gasteiger partial charge in [0.1, 0.15) is 12.2 Å². The highest BCUT2D eigenvalue weighted by Crippen LogP contribution is 2.39. The van der Waals surface area contributed by atoms with E-state index in [2.05, 4.69) is 10.3 Å². The fourth-order valence-corrected chi connectivity index (χ4v) is 4.80. The number of alkyl carbamates (subject to hydrolysis) is 1. The number of aromatic nitrogens is 3. The van der Waals surface area contributed by atoms with Crippen molar-refractivity contribution in [2.45, 2.75) is 71.9 Å². The van der Waals surface area contributed by atoms with E-state index in [1.807, 2.05) is 13.0 Å². The molecule has 2 N–H and O–H groups in total. The largest absolute Gasteiger partial charge is 0.458 e. The van der Waals surface area contributed by atoms with E-state index in [9.17, 15) is 19.5 Å². The number of aryl methyl sites for hydroxylation is 1. The van der Waals surface area contributed by atoms with Crippen molar-refractivity contribution in [1.82, 2.24) is 19.9 Å². The molecule has 0 saturated heterocycles. The smallest absolute Gasteiger partial charge is 0.407 e. The van der Waals surface area contributed by atoms with Crippen molar-refractivity contribution in [3.05, 3.63) is 56.6 Å². The number of fused-ring (bicyclic) bond motifs is 5. The van der Waals surface area contributed by atoms with Crippen molar-refractivity contribution in [3.8, 4) is 11.4 Å². The van der Waals surface area contributed by atoms with E-state index in [1.165, 1.54) is 0 Å². The first kappa shape index (κ1) is 23.9. The van der Waals surface area contributed by atoms with Gasteiger partial charge >= 0.3 is 12.1 Å². The molecule has 0 saturated carbocycles. The maximum Gasteiger partial charge on any atom is 0.407 e. The number of aliphatic hydroxyl groups is 1. The quantitative estimate of drug-likeness (QED) is 0.417. The molecular weight excluding hydrogens is 464 g/mol. The molecule has 1 atom stereocenters. The highest BCUT2D eigenvalue weighted by molar-refractivity contribution is 5.88. The first-order valence-electron chi connectivity index (χ1n) is 11.8. The van der Waals surface area contributed by atoms with E-state index in [0.29, 0.717) is 29.1 Å². The summed E-state index contributed by atoms with van der Waals surface area (Å²) in [4.78, 5) is 47.0. The second-order valence-electron chi connectivity index (χ2n) is 10.2. The lowest BCUT2D eigenvalue weighted by molar-refractivity contribution is -0.172. The minimum atomic E-state index is -1.87. The van der Waals surface area contributed by atoms with Crippen LogP contribution in [0.3, 0.4) is 0 Å². The maximum atomic E-state index is 13.4. The average molecular weight is 493 g/mol. The lowest BCUT2D eigenvalue weighted by Crippen LogP contribution is -2.44. The summed E-state index contributed by atoms with van der Waals surface area (Å²) in [6.45, 7) is 9.36. The third kappa shape index (κ3) is 3.72. The number of nitrogens with zero attached hydrogens (tertiary/aromatic N) is 3. The molecule has 188 valence electrons. The van der Waals surface area contributed by atoms with Crippen LogP contribution in [0.4, 0.5) is 4.79 Å². The van der Waals surface area contributed by atoms with E-state index >= 15 is 0 Å². The number of nitrogens with one attached hydrogen (secondary N) is 1. The molecule has 5 rings (SSSR count). The lowest BCUT2D eigenvalue weighted by atomic mass is 9.86. The predicted molar refractivity (Wildman–Crippen MR) is 130 cm³/mol. The van der Waals surface area contributed by atoms with Crippen LogP contribution in [0.2, 0.25) is 0 Å². The van der Waals surface area contributed by atoms with E-state index in [4.69, 9.17) is 14.5 Å². The van der Waals surface area contributed by atoms with Gasteiger partial charge in [-0.1, -0.05) is 6.92 Å². The van der Waals surface area contributed by atoms with E-state index in [-0.39, 0.29) is 36.3 Å². The molecule has 3 aromatic heterocycles. The molecule has 10 heteroatoms. The second kappa shape index (κ2) is 8.12. The molecular formula is C26H28N4O6.